The minimum absolute atomic E-state index is 0.0643. The fourth-order valence-electron chi connectivity index (χ4n) is 2.10. The molecule has 0 saturated heterocycles. The first-order valence-corrected chi connectivity index (χ1v) is 8.19. The van der Waals surface area contributed by atoms with E-state index in [1.807, 2.05) is 6.07 Å². The molecule has 5 nitrogen and oxygen atoms in total. The fourth-order valence-corrected chi connectivity index (χ4v) is 2.73. The highest BCUT2D eigenvalue weighted by atomic mass is 35.5. The Bertz CT molecular complexity index is 901. The lowest BCUT2D eigenvalue weighted by Gasteiger charge is -2.04. The first-order valence-electron chi connectivity index (χ1n) is 6.26. The number of nitrogens with zero attached hydrogens (tertiary/aromatic N) is 1. The van der Waals surface area contributed by atoms with Crippen molar-refractivity contribution >= 4 is 21.6 Å². The summed E-state index contributed by atoms with van der Waals surface area (Å²) in [6, 6.07) is 9.80. The van der Waals surface area contributed by atoms with Gasteiger partial charge in [-0.3, -0.25) is 0 Å². The molecule has 0 spiro atoms. The third-order valence-electron chi connectivity index (χ3n) is 3.19. The Morgan fingerprint density at radius 2 is 1.55 bits per heavy atom. The number of rotatable bonds is 3. The largest absolute Gasteiger partial charge is 0.471 e. The van der Waals surface area contributed by atoms with Crippen molar-refractivity contribution in [2.75, 3.05) is 0 Å². The number of benzene rings is 1. The maximum atomic E-state index is 11.3. The number of halogens is 1. The van der Waals surface area contributed by atoms with Crippen LogP contribution in [0.2, 0.25) is 5.15 Å². The second kappa shape index (κ2) is 5.57. The van der Waals surface area contributed by atoms with Gasteiger partial charge < -0.3 is 4.42 Å². The van der Waals surface area contributed by atoms with Gasteiger partial charge in [0, 0.05) is 22.9 Å². The zero-order valence-electron chi connectivity index (χ0n) is 11.2. The summed E-state index contributed by atoms with van der Waals surface area (Å²) in [4.78, 5) is 4.11. The molecule has 0 fully saturated rings. The number of hydrogen-bond acceptors (Lipinski definition) is 4. The lowest BCUT2D eigenvalue weighted by Crippen LogP contribution is -2.11. The van der Waals surface area contributed by atoms with Crippen molar-refractivity contribution < 1.29 is 12.8 Å². The minimum atomic E-state index is -3.70. The zero-order valence-corrected chi connectivity index (χ0v) is 12.8. The monoisotopic (exact) mass is 334 g/mol. The average Bonchev–Trinajstić information content (AvgIpc) is 2.97. The Labute approximate surface area is 132 Å². The van der Waals surface area contributed by atoms with Crippen LogP contribution >= 0.6 is 11.6 Å². The second-order valence-corrected chi connectivity index (χ2v) is 6.59. The zero-order chi connectivity index (χ0) is 15.7. The summed E-state index contributed by atoms with van der Waals surface area (Å²) >= 11 is 5.79. The van der Waals surface area contributed by atoms with E-state index >= 15 is 0 Å². The molecule has 0 aliphatic carbocycles. The van der Waals surface area contributed by atoms with Gasteiger partial charge in [-0.2, -0.15) is 0 Å². The Hall–Kier alpha value is -2.15. The van der Waals surface area contributed by atoms with Crippen LogP contribution < -0.4 is 5.14 Å². The number of primary sulfonamides is 1. The van der Waals surface area contributed by atoms with Crippen LogP contribution in [0.25, 0.3) is 22.3 Å². The van der Waals surface area contributed by atoms with Crippen LogP contribution in [0.3, 0.4) is 0 Å². The van der Waals surface area contributed by atoms with Gasteiger partial charge in [-0.1, -0.05) is 23.7 Å². The van der Waals surface area contributed by atoms with Gasteiger partial charge >= 0.3 is 0 Å². The van der Waals surface area contributed by atoms with Crippen molar-refractivity contribution in [3.8, 4) is 22.3 Å². The summed E-state index contributed by atoms with van der Waals surface area (Å²) in [6.07, 6.45) is 4.85. The molecular weight excluding hydrogens is 324 g/mol. The predicted octanol–water partition coefficient (Wildman–Crippen LogP) is 3.31. The minimum Gasteiger partial charge on any atom is -0.471 e. The maximum absolute atomic E-state index is 11.3. The molecule has 0 aliphatic heterocycles. The Morgan fingerprint density at radius 3 is 2.09 bits per heavy atom. The van der Waals surface area contributed by atoms with E-state index < -0.39 is 10.0 Å². The molecule has 0 unspecified atom stereocenters. The van der Waals surface area contributed by atoms with Gasteiger partial charge in [0.05, 0.1) is 17.4 Å². The summed E-state index contributed by atoms with van der Waals surface area (Å²) in [5.41, 5.74) is 3.33. The fraction of sp³-hybridized carbons (Fsp3) is 0. The molecule has 2 N–H and O–H groups in total. The number of nitrogens with two attached hydrogens (primary N) is 1. The summed E-state index contributed by atoms with van der Waals surface area (Å²) in [6.45, 7) is 0. The van der Waals surface area contributed by atoms with Gasteiger partial charge in [-0.05, 0) is 29.8 Å². The van der Waals surface area contributed by atoms with E-state index in [4.69, 9.17) is 21.2 Å². The standard InChI is InChI=1S/C15H11ClN2O3S/c16-15-6-3-11(7-18-15)14-9-21-8-13(14)10-1-4-12(5-2-10)22(17,19)20/h1-9H,(H2,17,19,20). The number of hydrogen-bond donors (Lipinski definition) is 1. The third-order valence-corrected chi connectivity index (χ3v) is 4.35. The predicted molar refractivity (Wildman–Crippen MR) is 83.8 cm³/mol. The summed E-state index contributed by atoms with van der Waals surface area (Å²) in [7, 11) is -3.70. The van der Waals surface area contributed by atoms with Gasteiger partial charge in [0.2, 0.25) is 10.0 Å². The molecule has 0 radical (unpaired) electrons. The number of pyridine rings is 1. The molecule has 22 heavy (non-hydrogen) atoms. The van der Waals surface area contributed by atoms with E-state index in [0.717, 1.165) is 22.3 Å². The normalized spacial score (nSPS) is 11.5. The van der Waals surface area contributed by atoms with Crippen LogP contribution in [0.1, 0.15) is 0 Å². The van der Waals surface area contributed by atoms with Crippen LogP contribution in [0.4, 0.5) is 0 Å². The lowest BCUT2D eigenvalue weighted by molar-refractivity contribution is 0.569. The molecule has 2 heterocycles. The van der Waals surface area contributed by atoms with Crippen LogP contribution in [0, 0.1) is 0 Å². The molecule has 1 aromatic carbocycles. The van der Waals surface area contributed by atoms with Crippen LogP contribution in [-0.4, -0.2) is 13.4 Å². The van der Waals surface area contributed by atoms with Crippen molar-refractivity contribution in [2.24, 2.45) is 5.14 Å². The smallest absolute Gasteiger partial charge is 0.238 e. The number of sulfonamides is 1. The van der Waals surface area contributed by atoms with Crippen molar-refractivity contribution in [2.45, 2.75) is 4.90 Å². The van der Waals surface area contributed by atoms with E-state index in [0.29, 0.717) is 5.15 Å². The van der Waals surface area contributed by atoms with E-state index in [-0.39, 0.29) is 4.90 Å². The first-order chi connectivity index (χ1) is 10.4. The maximum Gasteiger partial charge on any atom is 0.238 e. The molecule has 7 heteroatoms. The average molecular weight is 335 g/mol. The van der Waals surface area contributed by atoms with Gasteiger partial charge in [0.1, 0.15) is 5.15 Å². The molecule has 0 aliphatic rings. The van der Waals surface area contributed by atoms with Crippen molar-refractivity contribution in [3.05, 3.63) is 60.3 Å². The molecular formula is C15H11ClN2O3S. The number of furan rings is 1. The van der Waals surface area contributed by atoms with Crippen molar-refractivity contribution in [1.29, 1.82) is 0 Å². The molecule has 3 aromatic rings. The third kappa shape index (κ3) is 2.89. The quantitative estimate of drug-likeness (QED) is 0.744. The Morgan fingerprint density at radius 1 is 0.955 bits per heavy atom. The highest BCUT2D eigenvalue weighted by Gasteiger charge is 2.12. The van der Waals surface area contributed by atoms with E-state index in [9.17, 15) is 8.42 Å². The van der Waals surface area contributed by atoms with E-state index in [1.165, 1.54) is 12.1 Å². The van der Waals surface area contributed by atoms with Crippen molar-refractivity contribution in [3.63, 3.8) is 0 Å². The van der Waals surface area contributed by atoms with Crippen LogP contribution in [0.15, 0.2) is 64.4 Å². The second-order valence-electron chi connectivity index (χ2n) is 4.64. The molecule has 0 bridgehead atoms. The lowest BCUT2D eigenvalue weighted by atomic mass is 10.0. The van der Waals surface area contributed by atoms with Gasteiger partial charge in [-0.15, -0.1) is 0 Å². The SMILES string of the molecule is NS(=O)(=O)c1ccc(-c2cocc2-c2ccc(Cl)nc2)cc1. The number of aromatic nitrogens is 1. The van der Waals surface area contributed by atoms with Crippen molar-refractivity contribution in [1.82, 2.24) is 4.98 Å². The Balaban J connectivity index is 2.03. The van der Waals surface area contributed by atoms with Gasteiger partial charge in [-0.25, -0.2) is 18.5 Å². The molecule has 0 atom stereocenters. The van der Waals surface area contributed by atoms with E-state index in [2.05, 4.69) is 4.98 Å². The molecule has 0 saturated carbocycles. The summed E-state index contributed by atoms with van der Waals surface area (Å²) in [5.74, 6) is 0. The Kier molecular flexibility index (Phi) is 3.74. The highest BCUT2D eigenvalue weighted by molar-refractivity contribution is 7.89. The van der Waals surface area contributed by atoms with E-state index in [1.54, 1.807) is 36.9 Å². The molecule has 112 valence electrons. The van der Waals surface area contributed by atoms with Crippen LogP contribution in [-0.2, 0) is 10.0 Å². The highest BCUT2D eigenvalue weighted by Crippen LogP contribution is 2.33. The topological polar surface area (TPSA) is 86.2 Å². The first kappa shape index (κ1) is 14.8. The van der Waals surface area contributed by atoms with Gasteiger partial charge in [0.15, 0.2) is 0 Å². The molecule has 2 aromatic heterocycles. The van der Waals surface area contributed by atoms with Crippen LogP contribution in [0.5, 0.6) is 0 Å². The molecule has 0 amide bonds. The summed E-state index contributed by atoms with van der Waals surface area (Å²) < 4.78 is 27.9. The van der Waals surface area contributed by atoms with Gasteiger partial charge in [0.25, 0.3) is 0 Å². The summed E-state index contributed by atoms with van der Waals surface area (Å²) in [5, 5.41) is 5.50. The molecule has 3 rings (SSSR count).